The van der Waals surface area contributed by atoms with Gasteiger partial charge in [0.1, 0.15) is 12.1 Å². The predicted octanol–water partition coefficient (Wildman–Crippen LogP) is 1.32. The summed E-state index contributed by atoms with van der Waals surface area (Å²) in [4.78, 5) is 26.6. The van der Waals surface area contributed by atoms with Crippen molar-refractivity contribution in [1.82, 2.24) is 10.2 Å². The number of nitrogens with one attached hydrogen (secondary N) is 1. The van der Waals surface area contributed by atoms with Crippen molar-refractivity contribution in [3.63, 3.8) is 0 Å². The molecule has 114 valence electrons. The number of carbonyl (C=O) groups excluding carboxylic acids is 2. The van der Waals surface area contributed by atoms with Gasteiger partial charge in [0.2, 0.25) is 11.8 Å². The summed E-state index contributed by atoms with van der Waals surface area (Å²) in [7, 11) is 0. The van der Waals surface area contributed by atoms with Crippen molar-refractivity contribution in [3.8, 4) is 0 Å². The Morgan fingerprint density at radius 1 is 1.15 bits per heavy atom. The number of carbonyl (C=O) groups is 2. The zero-order valence-corrected chi connectivity index (χ0v) is 12.6. The molecule has 0 spiro atoms. The minimum atomic E-state index is -0.426. The predicted molar refractivity (Wildman–Crippen MR) is 76.2 cm³/mol. The number of rotatable bonds is 4. The van der Waals surface area contributed by atoms with Gasteiger partial charge in [-0.15, -0.1) is 0 Å². The second kappa shape index (κ2) is 7.07. The highest BCUT2D eigenvalue weighted by molar-refractivity contribution is 5.89. The van der Waals surface area contributed by atoms with Crippen molar-refractivity contribution < 1.29 is 14.3 Å². The molecule has 5 heteroatoms. The molecule has 0 radical (unpaired) electrons. The molecule has 2 atom stereocenters. The molecule has 2 heterocycles. The van der Waals surface area contributed by atoms with Crippen LogP contribution in [0.5, 0.6) is 0 Å². The first-order chi connectivity index (χ1) is 9.59. The standard InChI is InChI=1S/C15H26N2O3/c1-11(2)13(15(19)17-8-4-3-5-9-17)16-14(18)12-7-6-10-20-12/h11-13H,3-10H2,1-2H3,(H,16,18)/t12?,13-/m0/s1. The summed E-state index contributed by atoms with van der Waals surface area (Å²) < 4.78 is 5.38. The van der Waals surface area contributed by atoms with Crippen molar-refractivity contribution in [2.45, 2.75) is 58.1 Å². The highest BCUT2D eigenvalue weighted by atomic mass is 16.5. The van der Waals surface area contributed by atoms with Gasteiger partial charge < -0.3 is 15.0 Å². The first kappa shape index (κ1) is 15.3. The Labute approximate surface area is 121 Å². The number of nitrogens with zero attached hydrogens (tertiary/aromatic N) is 1. The van der Waals surface area contributed by atoms with Crippen LogP contribution in [0.2, 0.25) is 0 Å². The van der Waals surface area contributed by atoms with Crippen molar-refractivity contribution in [1.29, 1.82) is 0 Å². The summed E-state index contributed by atoms with van der Waals surface area (Å²) in [5.41, 5.74) is 0. The van der Waals surface area contributed by atoms with Crippen molar-refractivity contribution in [3.05, 3.63) is 0 Å². The molecule has 1 N–H and O–H groups in total. The molecule has 2 saturated heterocycles. The minimum Gasteiger partial charge on any atom is -0.368 e. The van der Waals surface area contributed by atoms with Crippen molar-refractivity contribution in [2.24, 2.45) is 5.92 Å². The Hall–Kier alpha value is -1.10. The molecule has 0 bridgehead atoms. The largest absolute Gasteiger partial charge is 0.368 e. The third kappa shape index (κ3) is 3.72. The monoisotopic (exact) mass is 282 g/mol. The van der Waals surface area contributed by atoms with E-state index >= 15 is 0 Å². The number of likely N-dealkylation sites (tertiary alicyclic amines) is 1. The van der Waals surface area contributed by atoms with Crippen LogP contribution in [0, 0.1) is 5.92 Å². The third-order valence-electron chi connectivity index (χ3n) is 4.12. The molecule has 2 fully saturated rings. The van der Waals surface area contributed by atoms with Crippen LogP contribution < -0.4 is 5.32 Å². The van der Waals surface area contributed by atoms with Crippen LogP contribution in [0.1, 0.15) is 46.0 Å². The molecule has 0 aromatic rings. The maximum Gasteiger partial charge on any atom is 0.249 e. The van der Waals surface area contributed by atoms with Gasteiger partial charge >= 0.3 is 0 Å². The molecular weight excluding hydrogens is 256 g/mol. The second-order valence-electron chi connectivity index (χ2n) is 6.12. The van der Waals surface area contributed by atoms with Gasteiger partial charge in [0.15, 0.2) is 0 Å². The van der Waals surface area contributed by atoms with Gasteiger partial charge in [0.05, 0.1) is 0 Å². The summed E-state index contributed by atoms with van der Waals surface area (Å²) in [6.07, 6.45) is 4.63. The van der Waals surface area contributed by atoms with E-state index in [1.807, 2.05) is 18.7 Å². The maximum atomic E-state index is 12.6. The molecular formula is C15H26N2O3. The zero-order valence-electron chi connectivity index (χ0n) is 12.6. The van der Waals surface area contributed by atoms with Gasteiger partial charge in [-0.1, -0.05) is 13.8 Å². The number of piperidine rings is 1. The fourth-order valence-corrected chi connectivity index (χ4v) is 2.86. The van der Waals surface area contributed by atoms with E-state index in [4.69, 9.17) is 4.74 Å². The van der Waals surface area contributed by atoms with Crippen LogP contribution in [0.3, 0.4) is 0 Å². The average molecular weight is 282 g/mol. The topological polar surface area (TPSA) is 58.6 Å². The van der Waals surface area contributed by atoms with E-state index in [9.17, 15) is 9.59 Å². The van der Waals surface area contributed by atoms with Crippen LogP contribution in [0.4, 0.5) is 0 Å². The summed E-state index contributed by atoms with van der Waals surface area (Å²) in [6.45, 7) is 6.23. The fourth-order valence-electron chi connectivity index (χ4n) is 2.86. The maximum absolute atomic E-state index is 12.6. The number of ether oxygens (including phenoxy) is 1. The van der Waals surface area contributed by atoms with Crippen LogP contribution in [0.25, 0.3) is 0 Å². The highest BCUT2D eigenvalue weighted by Crippen LogP contribution is 2.16. The fraction of sp³-hybridized carbons (Fsp3) is 0.867. The minimum absolute atomic E-state index is 0.0612. The lowest BCUT2D eigenvalue weighted by Gasteiger charge is -2.32. The lowest BCUT2D eigenvalue weighted by molar-refractivity contribution is -0.141. The second-order valence-corrected chi connectivity index (χ2v) is 6.12. The molecule has 2 rings (SSSR count). The molecule has 2 aliphatic rings. The average Bonchev–Trinajstić information content (AvgIpc) is 2.98. The number of hydrogen-bond donors (Lipinski definition) is 1. The van der Waals surface area contributed by atoms with E-state index in [1.54, 1.807) is 0 Å². The zero-order chi connectivity index (χ0) is 14.5. The van der Waals surface area contributed by atoms with E-state index in [2.05, 4.69) is 5.32 Å². The van der Waals surface area contributed by atoms with Crippen molar-refractivity contribution in [2.75, 3.05) is 19.7 Å². The Kier molecular flexibility index (Phi) is 5.40. The highest BCUT2D eigenvalue weighted by Gasteiger charge is 2.32. The van der Waals surface area contributed by atoms with E-state index < -0.39 is 6.04 Å². The van der Waals surface area contributed by atoms with Crippen molar-refractivity contribution >= 4 is 11.8 Å². The van der Waals surface area contributed by atoms with Gasteiger partial charge in [-0.25, -0.2) is 0 Å². The smallest absolute Gasteiger partial charge is 0.249 e. The Morgan fingerprint density at radius 3 is 2.40 bits per heavy atom. The molecule has 0 saturated carbocycles. The van der Waals surface area contributed by atoms with Crippen LogP contribution in [-0.2, 0) is 14.3 Å². The van der Waals surface area contributed by atoms with E-state index in [0.29, 0.717) is 6.61 Å². The molecule has 0 aliphatic carbocycles. The van der Waals surface area contributed by atoms with E-state index in [1.165, 1.54) is 6.42 Å². The first-order valence-electron chi connectivity index (χ1n) is 7.80. The Balaban J connectivity index is 1.94. The summed E-state index contributed by atoms with van der Waals surface area (Å²) >= 11 is 0. The number of hydrogen-bond acceptors (Lipinski definition) is 3. The van der Waals surface area contributed by atoms with E-state index in [0.717, 1.165) is 38.8 Å². The van der Waals surface area contributed by atoms with E-state index in [-0.39, 0.29) is 23.8 Å². The molecule has 0 aromatic heterocycles. The Morgan fingerprint density at radius 2 is 1.85 bits per heavy atom. The third-order valence-corrected chi connectivity index (χ3v) is 4.12. The molecule has 2 amide bonds. The quantitative estimate of drug-likeness (QED) is 0.846. The molecule has 5 nitrogen and oxygen atoms in total. The van der Waals surface area contributed by atoms with Crippen LogP contribution in [0.15, 0.2) is 0 Å². The lowest BCUT2D eigenvalue weighted by atomic mass is 10.0. The molecule has 2 aliphatic heterocycles. The van der Waals surface area contributed by atoms with Gasteiger partial charge in [0, 0.05) is 19.7 Å². The molecule has 1 unspecified atom stereocenters. The lowest BCUT2D eigenvalue weighted by Crippen LogP contribution is -2.54. The normalized spacial score (nSPS) is 24.8. The first-order valence-corrected chi connectivity index (χ1v) is 7.80. The number of amides is 2. The van der Waals surface area contributed by atoms with Gasteiger partial charge in [-0.05, 0) is 38.0 Å². The summed E-state index contributed by atoms with van der Waals surface area (Å²) in [5, 5.41) is 2.90. The van der Waals surface area contributed by atoms with Gasteiger partial charge in [0.25, 0.3) is 0 Å². The molecule has 20 heavy (non-hydrogen) atoms. The van der Waals surface area contributed by atoms with Gasteiger partial charge in [-0.3, -0.25) is 9.59 Å². The SMILES string of the molecule is CC(C)[C@H](NC(=O)C1CCCO1)C(=O)N1CCCCC1. The Bertz CT molecular complexity index is 345. The molecule has 0 aromatic carbocycles. The van der Waals surface area contributed by atoms with Gasteiger partial charge in [-0.2, -0.15) is 0 Å². The summed E-state index contributed by atoms with van der Waals surface area (Å²) in [6, 6.07) is -0.426. The van der Waals surface area contributed by atoms with Crippen LogP contribution >= 0.6 is 0 Å². The summed E-state index contributed by atoms with van der Waals surface area (Å²) in [5.74, 6) is 0.0207. The van der Waals surface area contributed by atoms with Crippen LogP contribution in [-0.4, -0.2) is 48.6 Å².